The summed E-state index contributed by atoms with van der Waals surface area (Å²) in [6.45, 7) is 6.74. The molecule has 106 valence electrons. The van der Waals surface area contributed by atoms with Crippen molar-refractivity contribution in [3.63, 3.8) is 0 Å². The molecule has 0 bridgehead atoms. The van der Waals surface area contributed by atoms with Crippen molar-refractivity contribution in [1.82, 2.24) is 9.66 Å². The summed E-state index contributed by atoms with van der Waals surface area (Å²) in [5, 5.41) is 4.31. The summed E-state index contributed by atoms with van der Waals surface area (Å²) in [6, 6.07) is 5.95. The summed E-state index contributed by atoms with van der Waals surface area (Å²) in [5.74, 6) is 1.28. The number of benzene rings is 1. The lowest BCUT2D eigenvalue weighted by Crippen LogP contribution is -1.99. The molecule has 0 atom stereocenters. The maximum Gasteiger partial charge on any atom is 0.221 e. The van der Waals surface area contributed by atoms with Crippen LogP contribution in [-0.2, 0) is 0 Å². The number of aromatic nitrogens is 2. The van der Waals surface area contributed by atoms with Crippen LogP contribution < -0.4 is 10.5 Å². The van der Waals surface area contributed by atoms with Crippen molar-refractivity contribution < 1.29 is 4.74 Å². The highest BCUT2D eigenvalue weighted by Crippen LogP contribution is 2.16. The van der Waals surface area contributed by atoms with E-state index in [0.717, 1.165) is 35.6 Å². The third-order valence-electron chi connectivity index (χ3n) is 2.87. The Bertz CT molecular complexity index is 616. The van der Waals surface area contributed by atoms with Gasteiger partial charge in [0.15, 0.2) is 0 Å². The molecule has 0 fully saturated rings. The Labute approximate surface area is 119 Å². The number of hydrogen-bond donors (Lipinski definition) is 1. The Hall–Kier alpha value is -2.30. The van der Waals surface area contributed by atoms with Crippen LogP contribution in [0, 0.1) is 13.8 Å². The highest BCUT2D eigenvalue weighted by atomic mass is 16.5. The van der Waals surface area contributed by atoms with Gasteiger partial charge in [0.1, 0.15) is 5.75 Å². The molecule has 0 spiro atoms. The lowest BCUT2D eigenvalue weighted by molar-refractivity contribution is 0.317. The summed E-state index contributed by atoms with van der Waals surface area (Å²) in [7, 11) is 0. The van der Waals surface area contributed by atoms with E-state index in [0.29, 0.717) is 5.95 Å². The Kier molecular flexibility index (Phi) is 4.40. The fourth-order valence-corrected chi connectivity index (χ4v) is 1.82. The number of ether oxygens (including phenoxy) is 1. The fourth-order valence-electron chi connectivity index (χ4n) is 1.82. The number of aryl methyl sites for hydroxylation is 2. The van der Waals surface area contributed by atoms with Gasteiger partial charge in [0.05, 0.1) is 24.7 Å². The van der Waals surface area contributed by atoms with Crippen LogP contribution in [0.3, 0.4) is 0 Å². The van der Waals surface area contributed by atoms with Gasteiger partial charge < -0.3 is 10.5 Å². The first kappa shape index (κ1) is 14.1. The van der Waals surface area contributed by atoms with Crippen LogP contribution in [0.2, 0.25) is 0 Å². The SMILES string of the molecule is CCCOc1ccc(C=Nn2cc(C)nc2N)c(C)c1. The van der Waals surface area contributed by atoms with Gasteiger partial charge >= 0.3 is 0 Å². The first-order valence-corrected chi connectivity index (χ1v) is 6.69. The van der Waals surface area contributed by atoms with Gasteiger partial charge in [-0.05, 0) is 49.6 Å². The molecule has 2 rings (SSSR count). The zero-order valence-corrected chi connectivity index (χ0v) is 12.1. The molecule has 1 aromatic heterocycles. The van der Waals surface area contributed by atoms with Gasteiger partial charge in [-0.2, -0.15) is 5.10 Å². The van der Waals surface area contributed by atoms with Gasteiger partial charge in [-0.1, -0.05) is 6.92 Å². The predicted molar refractivity (Wildman–Crippen MR) is 81.3 cm³/mol. The minimum atomic E-state index is 0.388. The molecule has 0 aliphatic heterocycles. The van der Waals surface area contributed by atoms with Crippen LogP contribution >= 0.6 is 0 Å². The molecule has 2 aromatic rings. The number of rotatable bonds is 5. The molecular formula is C15H20N4O. The van der Waals surface area contributed by atoms with Crippen molar-refractivity contribution in [3.05, 3.63) is 41.2 Å². The van der Waals surface area contributed by atoms with E-state index in [1.54, 1.807) is 17.1 Å². The molecule has 0 unspecified atom stereocenters. The second kappa shape index (κ2) is 6.23. The molecule has 0 saturated carbocycles. The van der Waals surface area contributed by atoms with E-state index >= 15 is 0 Å². The van der Waals surface area contributed by atoms with E-state index in [4.69, 9.17) is 10.5 Å². The maximum atomic E-state index is 5.74. The number of nitrogens with two attached hydrogens (primary N) is 1. The molecule has 0 radical (unpaired) electrons. The smallest absolute Gasteiger partial charge is 0.221 e. The molecule has 1 aromatic carbocycles. The standard InChI is InChI=1S/C15H20N4O/c1-4-7-20-14-6-5-13(11(2)8-14)9-17-19-10-12(3)18-15(19)16/h5-6,8-10H,4,7H2,1-3H3,(H2,16,18). The number of nitrogens with zero attached hydrogens (tertiary/aromatic N) is 3. The molecule has 0 aliphatic carbocycles. The van der Waals surface area contributed by atoms with E-state index in [1.165, 1.54) is 0 Å². The lowest BCUT2D eigenvalue weighted by atomic mass is 10.1. The summed E-state index contributed by atoms with van der Waals surface area (Å²) in [6.07, 6.45) is 4.57. The van der Waals surface area contributed by atoms with Crippen molar-refractivity contribution in [3.8, 4) is 5.75 Å². The molecule has 5 nitrogen and oxygen atoms in total. The van der Waals surface area contributed by atoms with Crippen LogP contribution in [0.4, 0.5) is 5.95 Å². The maximum absolute atomic E-state index is 5.74. The van der Waals surface area contributed by atoms with Gasteiger partial charge in [-0.25, -0.2) is 9.66 Å². The van der Waals surface area contributed by atoms with Crippen molar-refractivity contribution >= 4 is 12.2 Å². The van der Waals surface area contributed by atoms with Crippen LogP contribution in [0.1, 0.15) is 30.2 Å². The van der Waals surface area contributed by atoms with Crippen LogP contribution in [0.25, 0.3) is 0 Å². The third kappa shape index (κ3) is 3.38. The number of anilines is 1. The van der Waals surface area contributed by atoms with Crippen LogP contribution in [0.5, 0.6) is 5.75 Å². The minimum Gasteiger partial charge on any atom is -0.494 e. The Morgan fingerprint density at radius 1 is 1.40 bits per heavy atom. The fraction of sp³-hybridized carbons (Fsp3) is 0.333. The van der Waals surface area contributed by atoms with Crippen molar-refractivity contribution in [2.45, 2.75) is 27.2 Å². The van der Waals surface area contributed by atoms with Crippen LogP contribution in [-0.4, -0.2) is 22.5 Å². The quantitative estimate of drug-likeness (QED) is 0.851. The van der Waals surface area contributed by atoms with E-state index in [-0.39, 0.29) is 0 Å². The predicted octanol–water partition coefficient (Wildman–Crippen LogP) is 2.75. The monoisotopic (exact) mass is 272 g/mol. The summed E-state index contributed by atoms with van der Waals surface area (Å²) < 4.78 is 7.16. The Morgan fingerprint density at radius 3 is 2.80 bits per heavy atom. The number of imidazole rings is 1. The molecular weight excluding hydrogens is 252 g/mol. The second-order valence-corrected chi connectivity index (χ2v) is 4.70. The van der Waals surface area contributed by atoms with Crippen molar-refractivity contribution in [1.29, 1.82) is 0 Å². The van der Waals surface area contributed by atoms with Gasteiger partial charge in [0.2, 0.25) is 5.95 Å². The van der Waals surface area contributed by atoms with Crippen molar-refractivity contribution in [2.24, 2.45) is 5.10 Å². The molecule has 2 N–H and O–H groups in total. The second-order valence-electron chi connectivity index (χ2n) is 4.70. The molecule has 5 heteroatoms. The van der Waals surface area contributed by atoms with E-state index in [2.05, 4.69) is 17.0 Å². The minimum absolute atomic E-state index is 0.388. The average Bonchev–Trinajstić information content (AvgIpc) is 2.73. The van der Waals surface area contributed by atoms with E-state index in [9.17, 15) is 0 Å². The Balaban J connectivity index is 2.15. The Morgan fingerprint density at radius 2 is 2.20 bits per heavy atom. The third-order valence-corrected chi connectivity index (χ3v) is 2.87. The molecule has 0 amide bonds. The molecule has 1 heterocycles. The normalized spacial score (nSPS) is 11.2. The van der Waals surface area contributed by atoms with Crippen LogP contribution in [0.15, 0.2) is 29.5 Å². The number of hydrogen-bond acceptors (Lipinski definition) is 4. The van der Waals surface area contributed by atoms with E-state index < -0.39 is 0 Å². The number of nitrogen functional groups attached to an aromatic ring is 1. The van der Waals surface area contributed by atoms with Gasteiger partial charge in [0.25, 0.3) is 0 Å². The highest BCUT2D eigenvalue weighted by molar-refractivity contribution is 5.82. The zero-order valence-electron chi connectivity index (χ0n) is 12.1. The average molecular weight is 272 g/mol. The first-order chi connectivity index (χ1) is 9.60. The molecule has 0 saturated heterocycles. The molecule has 20 heavy (non-hydrogen) atoms. The summed E-state index contributed by atoms with van der Waals surface area (Å²) in [5.41, 5.74) is 8.72. The summed E-state index contributed by atoms with van der Waals surface area (Å²) in [4.78, 5) is 4.10. The summed E-state index contributed by atoms with van der Waals surface area (Å²) >= 11 is 0. The first-order valence-electron chi connectivity index (χ1n) is 6.69. The van der Waals surface area contributed by atoms with Gasteiger partial charge in [0, 0.05) is 0 Å². The van der Waals surface area contributed by atoms with Gasteiger partial charge in [-0.15, -0.1) is 0 Å². The topological polar surface area (TPSA) is 65.4 Å². The highest BCUT2D eigenvalue weighted by Gasteiger charge is 2.01. The zero-order chi connectivity index (χ0) is 14.5. The van der Waals surface area contributed by atoms with Crippen molar-refractivity contribution in [2.75, 3.05) is 12.3 Å². The van der Waals surface area contributed by atoms with Gasteiger partial charge in [-0.3, -0.25) is 0 Å². The van der Waals surface area contributed by atoms with E-state index in [1.807, 2.05) is 32.0 Å². The largest absolute Gasteiger partial charge is 0.494 e. The lowest BCUT2D eigenvalue weighted by Gasteiger charge is -2.07. The molecule has 0 aliphatic rings.